The van der Waals surface area contributed by atoms with Crippen LogP contribution in [-0.2, 0) is 19.4 Å². The van der Waals surface area contributed by atoms with Crippen molar-refractivity contribution in [2.75, 3.05) is 64.3 Å². The summed E-state index contributed by atoms with van der Waals surface area (Å²) in [5, 5.41) is 0.448. The van der Waals surface area contributed by atoms with E-state index >= 15 is 0 Å². The molecule has 9 nitrogen and oxygen atoms in total. The molecule has 37 heavy (non-hydrogen) atoms. The summed E-state index contributed by atoms with van der Waals surface area (Å²) in [6, 6.07) is 8.14. The van der Waals surface area contributed by atoms with E-state index in [1.165, 1.54) is 23.5 Å². The zero-order chi connectivity index (χ0) is 26.4. The van der Waals surface area contributed by atoms with E-state index in [1.807, 2.05) is 0 Å². The predicted molar refractivity (Wildman–Crippen MR) is 140 cm³/mol. The lowest BCUT2D eigenvalue weighted by molar-refractivity contribution is -0.118. The van der Waals surface area contributed by atoms with Crippen LogP contribution in [0.15, 0.2) is 41.3 Å². The molecule has 200 valence electrons. The second-order valence-corrected chi connectivity index (χ2v) is 11.6. The van der Waals surface area contributed by atoms with E-state index < -0.39 is 21.4 Å². The smallest absolute Gasteiger partial charge is 0.229 e. The topological polar surface area (TPSA) is 98.3 Å². The van der Waals surface area contributed by atoms with E-state index in [4.69, 9.17) is 14.2 Å². The van der Waals surface area contributed by atoms with Crippen LogP contribution in [0.25, 0.3) is 10.2 Å². The number of carbonyl (C=O) groups is 1. The van der Waals surface area contributed by atoms with Gasteiger partial charge < -0.3 is 14.2 Å². The number of ether oxygens (including phenoxy) is 3. The second kappa shape index (κ2) is 12.2. The van der Waals surface area contributed by atoms with Gasteiger partial charge in [0.2, 0.25) is 5.91 Å². The summed E-state index contributed by atoms with van der Waals surface area (Å²) >= 11 is 1.30. The first-order valence-corrected chi connectivity index (χ1v) is 14.4. The first kappa shape index (κ1) is 27.2. The van der Waals surface area contributed by atoms with Crippen LogP contribution in [0, 0.1) is 5.82 Å². The number of morpholine rings is 1. The molecule has 2 heterocycles. The standard InChI is InChI=1S/C25H30FN3O6S2/c1-33-20-8-9-21(34-2)24-23(20)27-25(36-24)29(12-3-11-28-13-15-35-16-14-28)22(30)10-17-37(31,32)19-6-4-18(26)5-7-19/h4-9H,3,10-17H2,1-2H3. The normalized spacial score (nSPS) is 14.6. The molecule has 0 atom stereocenters. The predicted octanol–water partition coefficient (Wildman–Crippen LogP) is 3.37. The van der Waals surface area contributed by atoms with Gasteiger partial charge in [0, 0.05) is 32.6 Å². The summed E-state index contributed by atoms with van der Waals surface area (Å²) < 4.78 is 55.9. The van der Waals surface area contributed by atoms with E-state index in [0.717, 1.165) is 36.5 Å². The first-order chi connectivity index (χ1) is 17.8. The second-order valence-electron chi connectivity index (χ2n) is 8.52. The summed E-state index contributed by atoms with van der Waals surface area (Å²) in [6.45, 7) is 4.18. The van der Waals surface area contributed by atoms with Crippen LogP contribution in [0.5, 0.6) is 11.5 Å². The number of anilines is 1. The number of halogens is 1. The number of thiazole rings is 1. The number of hydrogen-bond donors (Lipinski definition) is 0. The van der Waals surface area contributed by atoms with Crippen LogP contribution in [-0.4, -0.2) is 83.6 Å². The van der Waals surface area contributed by atoms with Crippen molar-refractivity contribution in [3.8, 4) is 11.5 Å². The van der Waals surface area contributed by atoms with Gasteiger partial charge in [-0.15, -0.1) is 0 Å². The highest BCUT2D eigenvalue weighted by Gasteiger charge is 2.25. The maximum absolute atomic E-state index is 13.4. The maximum atomic E-state index is 13.4. The highest BCUT2D eigenvalue weighted by atomic mass is 32.2. The fourth-order valence-electron chi connectivity index (χ4n) is 4.11. The zero-order valence-corrected chi connectivity index (χ0v) is 22.4. The largest absolute Gasteiger partial charge is 0.495 e. The van der Waals surface area contributed by atoms with Crippen molar-refractivity contribution in [1.82, 2.24) is 9.88 Å². The van der Waals surface area contributed by atoms with Gasteiger partial charge in [-0.2, -0.15) is 0 Å². The molecular weight excluding hydrogens is 521 g/mol. The number of hydrogen-bond acceptors (Lipinski definition) is 9. The van der Waals surface area contributed by atoms with Gasteiger partial charge in [-0.25, -0.2) is 17.8 Å². The monoisotopic (exact) mass is 551 g/mol. The van der Waals surface area contributed by atoms with Crippen molar-refractivity contribution < 1.29 is 31.8 Å². The number of nitrogens with zero attached hydrogens (tertiary/aromatic N) is 3. The van der Waals surface area contributed by atoms with Gasteiger partial charge in [-0.1, -0.05) is 11.3 Å². The number of rotatable bonds is 11. The number of amides is 1. The lowest BCUT2D eigenvalue weighted by atomic mass is 10.3. The fourth-order valence-corrected chi connectivity index (χ4v) is 6.46. The average molecular weight is 552 g/mol. The van der Waals surface area contributed by atoms with Crippen LogP contribution in [0.2, 0.25) is 0 Å². The molecule has 3 aromatic rings. The van der Waals surface area contributed by atoms with Crippen molar-refractivity contribution >= 4 is 42.4 Å². The summed E-state index contributed by atoms with van der Waals surface area (Å²) in [7, 11) is -0.656. The molecule has 4 rings (SSSR count). The lowest BCUT2D eigenvalue weighted by Crippen LogP contribution is -2.39. The third-order valence-corrected chi connectivity index (χ3v) is 8.97. The minimum Gasteiger partial charge on any atom is -0.495 e. The highest BCUT2D eigenvalue weighted by molar-refractivity contribution is 7.91. The Bertz CT molecular complexity index is 1280. The average Bonchev–Trinajstić information content (AvgIpc) is 3.35. The molecule has 0 spiro atoms. The quantitative estimate of drug-likeness (QED) is 0.335. The summed E-state index contributed by atoms with van der Waals surface area (Å²) in [5.41, 5.74) is 0.576. The lowest BCUT2D eigenvalue weighted by Gasteiger charge is -2.27. The molecule has 2 aromatic carbocycles. The van der Waals surface area contributed by atoms with Gasteiger partial charge >= 0.3 is 0 Å². The van der Waals surface area contributed by atoms with Gasteiger partial charge in [0.1, 0.15) is 27.5 Å². The Morgan fingerprint density at radius 3 is 2.46 bits per heavy atom. The van der Waals surface area contributed by atoms with Crippen LogP contribution >= 0.6 is 11.3 Å². The molecule has 1 fully saturated rings. The van der Waals surface area contributed by atoms with Gasteiger partial charge in [-0.3, -0.25) is 14.6 Å². The number of benzene rings is 2. The van der Waals surface area contributed by atoms with E-state index in [2.05, 4.69) is 9.88 Å². The summed E-state index contributed by atoms with van der Waals surface area (Å²) in [6.07, 6.45) is 0.447. The fraction of sp³-hybridized carbons (Fsp3) is 0.440. The van der Waals surface area contributed by atoms with E-state index in [1.54, 1.807) is 31.3 Å². The molecular formula is C25H30FN3O6S2. The zero-order valence-electron chi connectivity index (χ0n) is 20.8. The third kappa shape index (κ3) is 6.56. The molecule has 1 aliphatic rings. The Hall–Kier alpha value is -2.80. The van der Waals surface area contributed by atoms with Crippen LogP contribution in [0.3, 0.4) is 0 Å². The number of fused-ring (bicyclic) bond motifs is 1. The molecule has 0 saturated carbocycles. The van der Waals surface area contributed by atoms with E-state index in [-0.39, 0.29) is 17.2 Å². The molecule has 0 radical (unpaired) electrons. The molecule has 0 unspecified atom stereocenters. The molecule has 0 aliphatic carbocycles. The minimum atomic E-state index is -3.76. The number of aromatic nitrogens is 1. The molecule has 0 N–H and O–H groups in total. The molecule has 1 aromatic heterocycles. The Balaban J connectivity index is 1.56. The third-order valence-electron chi connectivity index (χ3n) is 6.15. The van der Waals surface area contributed by atoms with Crippen molar-refractivity contribution in [1.29, 1.82) is 0 Å². The Labute approximate surface area is 219 Å². The van der Waals surface area contributed by atoms with Crippen molar-refractivity contribution in [3.05, 3.63) is 42.2 Å². The van der Waals surface area contributed by atoms with E-state index in [9.17, 15) is 17.6 Å². The number of carbonyl (C=O) groups excluding carboxylic acids is 1. The first-order valence-electron chi connectivity index (χ1n) is 11.9. The van der Waals surface area contributed by atoms with Crippen LogP contribution in [0.4, 0.5) is 9.52 Å². The van der Waals surface area contributed by atoms with Crippen molar-refractivity contribution in [2.45, 2.75) is 17.7 Å². The van der Waals surface area contributed by atoms with Crippen LogP contribution in [0.1, 0.15) is 12.8 Å². The Kier molecular flexibility index (Phi) is 8.95. The van der Waals surface area contributed by atoms with E-state index in [0.29, 0.717) is 48.3 Å². The van der Waals surface area contributed by atoms with Crippen LogP contribution < -0.4 is 14.4 Å². The molecule has 12 heteroatoms. The maximum Gasteiger partial charge on any atom is 0.229 e. The highest BCUT2D eigenvalue weighted by Crippen LogP contribution is 2.40. The molecule has 1 saturated heterocycles. The van der Waals surface area contributed by atoms with Gasteiger partial charge in [0.25, 0.3) is 0 Å². The van der Waals surface area contributed by atoms with Crippen molar-refractivity contribution in [2.24, 2.45) is 0 Å². The number of methoxy groups -OCH3 is 2. The number of sulfone groups is 1. The molecule has 0 bridgehead atoms. The van der Waals surface area contributed by atoms with Gasteiger partial charge in [0.05, 0.1) is 38.1 Å². The summed E-state index contributed by atoms with van der Waals surface area (Å²) in [4.78, 5) is 21.9. The molecule has 1 aliphatic heterocycles. The van der Waals surface area contributed by atoms with Gasteiger partial charge in [-0.05, 0) is 42.8 Å². The minimum absolute atomic E-state index is 0.0185. The summed E-state index contributed by atoms with van der Waals surface area (Å²) in [5.74, 6) is -0.112. The SMILES string of the molecule is COc1ccc(OC)c2sc(N(CCCN3CCOCC3)C(=O)CCS(=O)(=O)c3ccc(F)cc3)nc12. The Morgan fingerprint density at radius 2 is 1.78 bits per heavy atom. The Morgan fingerprint density at radius 1 is 1.11 bits per heavy atom. The van der Waals surface area contributed by atoms with Crippen molar-refractivity contribution in [3.63, 3.8) is 0 Å². The molecule has 1 amide bonds. The van der Waals surface area contributed by atoms with Gasteiger partial charge in [0.15, 0.2) is 15.0 Å².